The molecule has 0 spiro atoms. The molecule has 9 nitrogen and oxygen atoms in total. The molecule has 1 aromatic carbocycles. The number of carbonyl (C=O) groups is 3. The maximum Gasteiger partial charge on any atom is 0.348 e. The van der Waals surface area contributed by atoms with Crippen LogP contribution in [-0.2, 0) is 16.1 Å². The minimum Gasteiger partial charge on any atom is -0.545 e. The Balaban J connectivity index is 1.89. The molecule has 0 bridgehead atoms. The van der Waals surface area contributed by atoms with Gasteiger partial charge in [-0.1, -0.05) is 18.2 Å². The summed E-state index contributed by atoms with van der Waals surface area (Å²) in [5.74, 6) is -2.57. The summed E-state index contributed by atoms with van der Waals surface area (Å²) >= 11 is 1.05. The molecule has 0 fully saturated rings. The highest BCUT2D eigenvalue weighted by Crippen LogP contribution is 2.27. The molecule has 0 aliphatic heterocycles. The fourth-order valence-electron chi connectivity index (χ4n) is 2.78. The number of aryl methyl sites for hydroxylation is 1. The molecule has 1 N–H and O–H groups in total. The van der Waals surface area contributed by atoms with Gasteiger partial charge in [-0.25, -0.2) is 9.78 Å². The molecule has 0 saturated heterocycles. The van der Waals surface area contributed by atoms with Gasteiger partial charge in [-0.15, -0.1) is 11.3 Å². The van der Waals surface area contributed by atoms with E-state index in [1.165, 1.54) is 24.5 Å². The first-order chi connectivity index (χ1) is 13.8. The molecule has 0 saturated carbocycles. The molecule has 0 aliphatic rings. The number of esters is 1. The van der Waals surface area contributed by atoms with Gasteiger partial charge in [0.2, 0.25) is 5.91 Å². The Hall–Kier alpha value is -3.53. The maximum absolute atomic E-state index is 12.8. The molecule has 0 atom stereocenters. The van der Waals surface area contributed by atoms with Gasteiger partial charge < -0.3 is 20.0 Å². The number of ether oxygens (including phenoxy) is 1. The lowest BCUT2D eigenvalue weighted by molar-refractivity contribution is -0.254. The van der Waals surface area contributed by atoms with Crippen molar-refractivity contribution >= 4 is 45.1 Å². The first-order valence-electron chi connectivity index (χ1n) is 8.59. The van der Waals surface area contributed by atoms with E-state index in [1.807, 2.05) is 0 Å². The number of nitrogens with one attached hydrogen (secondary N) is 1. The lowest BCUT2D eigenvalue weighted by Crippen LogP contribution is -2.29. The average molecular weight is 414 g/mol. The van der Waals surface area contributed by atoms with E-state index in [2.05, 4.69) is 10.3 Å². The van der Waals surface area contributed by atoms with Gasteiger partial charge in [-0.3, -0.25) is 14.2 Å². The number of anilines is 1. The Labute approximate surface area is 168 Å². The third-order valence-corrected chi connectivity index (χ3v) is 5.29. The minimum absolute atomic E-state index is 0.0656. The van der Waals surface area contributed by atoms with Crippen molar-refractivity contribution in [3.63, 3.8) is 0 Å². The van der Waals surface area contributed by atoms with E-state index in [-0.39, 0.29) is 34.7 Å². The molecule has 29 heavy (non-hydrogen) atoms. The number of nitrogens with zero attached hydrogens (tertiary/aromatic N) is 2. The van der Waals surface area contributed by atoms with Gasteiger partial charge in [-0.2, -0.15) is 0 Å². The molecule has 150 valence electrons. The van der Waals surface area contributed by atoms with Crippen LogP contribution in [0, 0.1) is 6.92 Å². The number of thiophene rings is 1. The molecule has 3 rings (SSSR count). The minimum atomic E-state index is -1.43. The number of fused-ring (bicyclic) bond motifs is 1. The van der Waals surface area contributed by atoms with Crippen LogP contribution in [0.25, 0.3) is 10.2 Å². The van der Waals surface area contributed by atoms with Crippen molar-refractivity contribution in [2.75, 3.05) is 11.9 Å². The van der Waals surface area contributed by atoms with Crippen LogP contribution in [0.4, 0.5) is 5.69 Å². The number of benzene rings is 1. The Morgan fingerprint density at radius 1 is 1.28 bits per heavy atom. The van der Waals surface area contributed by atoms with Crippen LogP contribution in [0.2, 0.25) is 0 Å². The van der Waals surface area contributed by atoms with Crippen molar-refractivity contribution in [3.05, 3.63) is 57.0 Å². The monoisotopic (exact) mass is 414 g/mol. The van der Waals surface area contributed by atoms with Gasteiger partial charge >= 0.3 is 5.97 Å². The van der Waals surface area contributed by atoms with Crippen LogP contribution in [0.5, 0.6) is 0 Å². The summed E-state index contributed by atoms with van der Waals surface area (Å²) in [4.78, 5) is 53.1. The van der Waals surface area contributed by atoms with Gasteiger partial charge in [0.15, 0.2) is 0 Å². The molecule has 1 amide bonds. The predicted molar refractivity (Wildman–Crippen MR) is 104 cm³/mol. The SMILES string of the molecule is CCOC(=O)c1sc2ncn(CC(=O)Nc3ccccc3C(=O)[O-])c(=O)c2c1C. The van der Waals surface area contributed by atoms with Gasteiger partial charge in [0.05, 0.1) is 24.3 Å². The average Bonchev–Trinajstić information content (AvgIpc) is 3.02. The van der Waals surface area contributed by atoms with Crippen LogP contribution in [0.15, 0.2) is 35.4 Å². The first-order valence-corrected chi connectivity index (χ1v) is 9.41. The van der Waals surface area contributed by atoms with Gasteiger partial charge in [0, 0.05) is 11.3 Å². The molecule has 0 aliphatic carbocycles. The van der Waals surface area contributed by atoms with Crippen molar-refractivity contribution in [2.24, 2.45) is 0 Å². The van der Waals surface area contributed by atoms with E-state index >= 15 is 0 Å². The zero-order valence-corrected chi connectivity index (χ0v) is 16.4. The molecule has 2 heterocycles. The van der Waals surface area contributed by atoms with E-state index in [4.69, 9.17) is 4.74 Å². The highest BCUT2D eigenvalue weighted by Gasteiger charge is 2.21. The molecular formula is C19H16N3O6S-. The van der Waals surface area contributed by atoms with Crippen LogP contribution < -0.4 is 16.0 Å². The van der Waals surface area contributed by atoms with Crippen molar-refractivity contribution in [2.45, 2.75) is 20.4 Å². The third-order valence-electron chi connectivity index (χ3n) is 4.11. The smallest absolute Gasteiger partial charge is 0.348 e. The summed E-state index contributed by atoms with van der Waals surface area (Å²) < 4.78 is 6.08. The molecule has 0 unspecified atom stereocenters. The quantitative estimate of drug-likeness (QED) is 0.594. The number of amides is 1. The van der Waals surface area contributed by atoms with Crippen molar-refractivity contribution in [1.29, 1.82) is 0 Å². The van der Waals surface area contributed by atoms with E-state index < -0.39 is 23.4 Å². The van der Waals surface area contributed by atoms with Crippen LogP contribution in [-0.4, -0.2) is 34.0 Å². The number of aromatic carboxylic acids is 1. The molecular weight excluding hydrogens is 398 g/mol. The van der Waals surface area contributed by atoms with Gasteiger partial charge in [0.1, 0.15) is 16.3 Å². The number of carboxylic acids is 1. The maximum atomic E-state index is 12.8. The number of carboxylic acid groups (broad SMARTS) is 1. The van der Waals surface area contributed by atoms with Crippen LogP contribution in [0.3, 0.4) is 0 Å². The standard InChI is InChI=1S/C19H17N3O6S/c1-3-28-19(27)15-10(2)14-16(29-15)20-9-22(17(14)24)8-13(23)21-12-7-5-4-6-11(12)18(25)26/h4-7,9H,3,8H2,1-2H3,(H,21,23)(H,25,26)/p-1. The summed E-state index contributed by atoms with van der Waals surface area (Å²) in [7, 11) is 0. The number of para-hydroxylation sites is 1. The van der Waals surface area contributed by atoms with E-state index in [1.54, 1.807) is 19.9 Å². The second kappa shape index (κ2) is 8.23. The summed E-state index contributed by atoms with van der Waals surface area (Å²) in [5, 5.41) is 13.8. The molecule has 2 aromatic heterocycles. The Kier molecular flexibility index (Phi) is 5.74. The fourth-order valence-corrected chi connectivity index (χ4v) is 3.81. The zero-order chi connectivity index (χ0) is 21.1. The number of carbonyl (C=O) groups excluding carboxylic acids is 3. The second-order valence-corrected chi connectivity index (χ2v) is 7.01. The highest BCUT2D eigenvalue weighted by atomic mass is 32.1. The number of rotatable bonds is 6. The summed E-state index contributed by atoms with van der Waals surface area (Å²) in [6, 6.07) is 5.79. The van der Waals surface area contributed by atoms with E-state index in [9.17, 15) is 24.3 Å². The zero-order valence-electron chi connectivity index (χ0n) is 15.6. The fraction of sp³-hybridized carbons (Fsp3) is 0.211. The molecule has 3 aromatic rings. The predicted octanol–water partition coefficient (Wildman–Crippen LogP) is 0.945. The Morgan fingerprint density at radius 3 is 2.69 bits per heavy atom. The number of hydrogen-bond donors (Lipinski definition) is 1. The topological polar surface area (TPSA) is 130 Å². The first kappa shape index (κ1) is 20.2. The van der Waals surface area contributed by atoms with E-state index in [0.29, 0.717) is 10.4 Å². The largest absolute Gasteiger partial charge is 0.545 e. The Morgan fingerprint density at radius 2 is 2.00 bits per heavy atom. The van der Waals surface area contributed by atoms with Crippen molar-refractivity contribution < 1.29 is 24.2 Å². The third kappa shape index (κ3) is 4.02. The van der Waals surface area contributed by atoms with Crippen molar-refractivity contribution in [3.8, 4) is 0 Å². The number of hydrogen-bond acceptors (Lipinski definition) is 8. The van der Waals surface area contributed by atoms with Crippen molar-refractivity contribution in [1.82, 2.24) is 9.55 Å². The number of aromatic nitrogens is 2. The van der Waals surface area contributed by atoms with E-state index in [0.717, 1.165) is 15.9 Å². The second-order valence-electron chi connectivity index (χ2n) is 6.02. The molecule has 10 heteroatoms. The Bertz CT molecular complexity index is 1180. The lowest BCUT2D eigenvalue weighted by atomic mass is 10.2. The molecule has 0 radical (unpaired) electrons. The van der Waals surface area contributed by atoms with Crippen LogP contribution in [0.1, 0.15) is 32.5 Å². The highest BCUT2D eigenvalue weighted by molar-refractivity contribution is 7.20. The van der Waals surface area contributed by atoms with Gasteiger partial charge in [-0.05, 0) is 25.5 Å². The van der Waals surface area contributed by atoms with Gasteiger partial charge in [0.25, 0.3) is 5.56 Å². The lowest BCUT2D eigenvalue weighted by Gasteiger charge is -2.12. The van der Waals surface area contributed by atoms with Crippen LogP contribution >= 0.6 is 11.3 Å². The summed E-state index contributed by atoms with van der Waals surface area (Å²) in [6.07, 6.45) is 1.21. The normalized spacial score (nSPS) is 10.7. The summed E-state index contributed by atoms with van der Waals surface area (Å²) in [5.41, 5.74) is -0.147. The summed E-state index contributed by atoms with van der Waals surface area (Å²) in [6.45, 7) is 3.13.